The summed E-state index contributed by atoms with van der Waals surface area (Å²) in [6.45, 7) is -0.375. The van der Waals surface area contributed by atoms with Crippen LogP contribution in [0.25, 0.3) is 0 Å². The van der Waals surface area contributed by atoms with E-state index in [-0.39, 0.29) is 18.2 Å². The maximum Gasteiger partial charge on any atom is 0.417 e. The molecule has 0 aliphatic heterocycles. The predicted octanol–water partition coefficient (Wildman–Crippen LogP) is 3.84. The molecular formula is C9H6ClF6N. The number of hydrogen-bond donors (Lipinski definition) is 1. The highest BCUT2D eigenvalue weighted by Crippen LogP contribution is 2.42. The van der Waals surface area contributed by atoms with E-state index >= 15 is 0 Å². The smallest absolute Gasteiger partial charge is 0.326 e. The van der Waals surface area contributed by atoms with Crippen LogP contribution in [-0.2, 0) is 18.9 Å². The summed E-state index contributed by atoms with van der Waals surface area (Å²) >= 11 is 5.41. The van der Waals surface area contributed by atoms with Gasteiger partial charge in [-0.05, 0) is 17.7 Å². The van der Waals surface area contributed by atoms with Crippen molar-refractivity contribution >= 4 is 11.6 Å². The summed E-state index contributed by atoms with van der Waals surface area (Å²) < 4.78 is 74.5. The van der Waals surface area contributed by atoms with Crippen LogP contribution in [0, 0.1) is 0 Å². The van der Waals surface area contributed by atoms with Crippen molar-refractivity contribution in [1.29, 1.82) is 0 Å². The molecular weight excluding hydrogens is 272 g/mol. The highest BCUT2D eigenvalue weighted by atomic mass is 35.5. The largest absolute Gasteiger partial charge is 0.417 e. The van der Waals surface area contributed by atoms with E-state index in [1.54, 1.807) is 0 Å². The quantitative estimate of drug-likeness (QED) is 0.776. The van der Waals surface area contributed by atoms with Crippen molar-refractivity contribution in [3.8, 4) is 0 Å². The molecule has 0 atom stereocenters. The maximum absolute atomic E-state index is 12.4. The van der Waals surface area contributed by atoms with Crippen molar-refractivity contribution in [3.05, 3.63) is 33.8 Å². The van der Waals surface area contributed by atoms with E-state index < -0.39 is 28.5 Å². The van der Waals surface area contributed by atoms with Crippen LogP contribution in [0.3, 0.4) is 0 Å². The number of nitrogens with two attached hydrogens (primary N) is 1. The molecule has 0 spiro atoms. The minimum Gasteiger partial charge on any atom is -0.326 e. The van der Waals surface area contributed by atoms with E-state index in [9.17, 15) is 26.3 Å². The zero-order chi connectivity index (χ0) is 13.4. The molecule has 1 aromatic rings. The van der Waals surface area contributed by atoms with Crippen LogP contribution >= 0.6 is 11.6 Å². The van der Waals surface area contributed by atoms with Gasteiger partial charge in [-0.3, -0.25) is 0 Å². The third-order valence-electron chi connectivity index (χ3n) is 2.02. The van der Waals surface area contributed by atoms with Crippen molar-refractivity contribution in [2.24, 2.45) is 5.73 Å². The molecule has 0 radical (unpaired) electrons. The molecule has 1 rings (SSSR count). The number of alkyl halides is 6. The molecule has 0 unspecified atom stereocenters. The molecule has 0 aliphatic carbocycles. The van der Waals surface area contributed by atoms with Gasteiger partial charge in [0.2, 0.25) is 0 Å². The fraction of sp³-hybridized carbons (Fsp3) is 0.333. The minimum absolute atomic E-state index is 0.188. The Morgan fingerprint density at radius 3 is 1.71 bits per heavy atom. The number of rotatable bonds is 1. The molecule has 1 nitrogen and oxygen atoms in total. The van der Waals surface area contributed by atoms with Gasteiger partial charge in [0.15, 0.2) is 0 Å². The molecule has 0 bridgehead atoms. The second kappa shape index (κ2) is 4.38. The summed E-state index contributed by atoms with van der Waals surface area (Å²) in [5, 5.41) is -0.437. The van der Waals surface area contributed by atoms with E-state index in [1.807, 2.05) is 0 Å². The Bertz CT molecular complexity index is 423. The van der Waals surface area contributed by atoms with Crippen LogP contribution < -0.4 is 5.73 Å². The Hall–Kier alpha value is -0.950. The molecule has 0 saturated carbocycles. The summed E-state index contributed by atoms with van der Waals surface area (Å²) in [4.78, 5) is 0. The maximum atomic E-state index is 12.4. The Morgan fingerprint density at radius 2 is 1.35 bits per heavy atom. The third-order valence-corrected chi connectivity index (χ3v) is 2.37. The van der Waals surface area contributed by atoms with Crippen molar-refractivity contribution in [1.82, 2.24) is 0 Å². The van der Waals surface area contributed by atoms with Crippen LogP contribution in [0.5, 0.6) is 0 Å². The lowest BCUT2D eigenvalue weighted by atomic mass is 10.0. The van der Waals surface area contributed by atoms with Gasteiger partial charge in [-0.1, -0.05) is 11.6 Å². The average molecular weight is 278 g/mol. The lowest BCUT2D eigenvalue weighted by molar-refractivity contribution is -0.162. The van der Waals surface area contributed by atoms with Crippen molar-refractivity contribution in [3.63, 3.8) is 0 Å². The van der Waals surface area contributed by atoms with E-state index in [1.165, 1.54) is 0 Å². The number of halogens is 7. The molecule has 0 aliphatic rings. The third kappa shape index (κ3) is 3.04. The molecule has 0 amide bonds. The lowest BCUT2D eigenvalue weighted by Gasteiger charge is -2.17. The molecule has 17 heavy (non-hydrogen) atoms. The normalized spacial score (nSPS) is 12.9. The summed E-state index contributed by atoms with van der Waals surface area (Å²) in [6.07, 6.45) is -10.2. The monoisotopic (exact) mass is 277 g/mol. The van der Waals surface area contributed by atoms with Gasteiger partial charge in [-0.15, -0.1) is 0 Å². The highest BCUT2D eigenvalue weighted by molar-refractivity contribution is 6.31. The molecule has 0 saturated heterocycles. The summed E-state index contributed by atoms with van der Waals surface area (Å²) in [5.41, 5.74) is 1.31. The van der Waals surface area contributed by atoms with Crippen LogP contribution in [0.1, 0.15) is 16.7 Å². The van der Waals surface area contributed by atoms with E-state index in [0.717, 1.165) is 0 Å². The van der Waals surface area contributed by atoms with Gasteiger partial charge in [0.1, 0.15) is 0 Å². The number of benzene rings is 1. The molecule has 1 aromatic carbocycles. The topological polar surface area (TPSA) is 26.0 Å². The van der Waals surface area contributed by atoms with Crippen LogP contribution in [-0.4, -0.2) is 0 Å². The fourth-order valence-corrected chi connectivity index (χ4v) is 1.48. The van der Waals surface area contributed by atoms with Gasteiger partial charge in [0.25, 0.3) is 0 Å². The van der Waals surface area contributed by atoms with E-state index in [0.29, 0.717) is 6.07 Å². The lowest BCUT2D eigenvalue weighted by Crippen LogP contribution is -2.17. The van der Waals surface area contributed by atoms with E-state index in [2.05, 4.69) is 0 Å². The zero-order valence-corrected chi connectivity index (χ0v) is 8.84. The average Bonchev–Trinajstić information content (AvgIpc) is 2.14. The SMILES string of the molecule is NCc1cc(C(F)(F)F)c(C(F)(F)F)cc1Cl. The number of hydrogen-bond acceptors (Lipinski definition) is 1. The van der Waals surface area contributed by atoms with Crippen LogP contribution in [0.15, 0.2) is 12.1 Å². The Labute approximate surface area is 97.2 Å². The van der Waals surface area contributed by atoms with Gasteiger partial charge in [-0.25, -0.2) is 0 Å². The molecule has 0 aromatic heterocycles. The van der Waals surface area contributed by atoms with Gasteiger partial charge in [0, 0.05) is 11.6 Å². The first-order chi connectivity index (χ1) is 7.57. The molecule has 96 valence electrons. The van der Waals surface area contributed by atoms with Gasteiger partial charge >= 0.3 is 12.4 Å². The Morgan fingerprint density at radius 1 is 0.941 bits per heavy atom. The molecule has 0 fully saturated rings. The van der Waals surface area contributed by atoms with Gasteiger partial charge in [-0.2, -0.15) is 26.3 Å². The zero-order valence-electron chi connectivity index (χ0n) is 8.08. The molecule has 8 heteroatoms. The van der Waals surface area contributed by atoms with Crippen molar-refractivity contribution < 1.29 is 26.3 Å². The molecule has 0 heterocycles. The van der Waals surface area contributed by atoms with Crippen LogP contribution in [0.2, 0.25) is 5.02 Å². The Kier molecular flexibility index (Phi) is 3.63. The first-order valence-corrected chi connectivity index (χ1v) is 4.62. The van der Waals surface area contributed by atoms with Crippen LogP contribution in [0.4, 0.5) is 26.3 Å². The fourth-order valence-electron chi connectivity index (χ4n) is 1.24. The first-order valence-electron chi connectivity index (χ1n) is 4.24. The van der Waals surface area contributed by atoms with E-state index in [4.69, 9.17) is 17.3 Å². The first kappa shape index (κ1) is 14.1. The summed E-state index contributed by atoms with van der Waals surface area (Å²) in [5.74, 6) is 0. The van der Waals surface area contributed by atoms with Crippen molar-refractivity contribution in [2.45, 2.75) is 18.9 Å². The second-order valence-electron chi connectivity index (χ2n) is 3.19. The summed E-state index contributed by atoms with van der Waals surface area (Å²) in [6, 6.07) is 0.567. The minimum atomic E-state index is -5.12. The predicted molar refractivity (Wildman–Crippen MR) is 49.3 cm³/mol. The summed E-state index contributed by atoms with van der Waals surface area (Å²) in [7, 11) is 0. The second-order valence-corrected chi connectivity index (χ2v) is 3.60. The van der Waals surface area contributed by atoms with Crippen molar-refractivity contribution in [2.75, 3.05) is 0 Å². The highest BCUT2D eigenvalue weighted by Gasteiger charge is 2.43. The van der Waals surface area contributed by atoms with Gasteiger partial charge < -0.3 is 5.73 Å². The Balaban J connectivity index is 3.54. The van der Waals surface area contributed by atoms with Gasteiger partial charge in [0.05, 0.1) is 11.1 Å². The molecule has 2 N–H and O–H groups in total. The standard InChI is InChI=1S/C9H6ClF6N/c10-7-2-6(9(14,15)16)5(8(11,12)13)1-4(7)3-17/h1-2H,3,17H2.